The molecule has 150 valence electrons. The van der Waals surface area contributed by atoms with Gasteiger partial charge in [-0.05, 0) is 24.3 Å². The van der Waals surface area contributed by atoms with Crippen molar-refractivity contribution >= 4 is 56.5 Å². The van der Waals surface area contributed by atoms with Crippen LogP contribution in [-0.2, 0) is 9.59 Å². The first-order valence-electron chi connectivity index (χ1n) is 8.59. The van der Waals surface area contributed by atoms with Gasteiger partial charge in [0.1, 0.15) is 6.04 Å². The summed E-state index contributed by atoms with van der Waals surface area (Å²) in [6, 6.07) is 11.2. The number of benzene rings is 2. The van der Waals surface area contributed by atoms with Crippen LogP contribution in [0.25, 0.3) is 10.2 Å². The third-order valence-corrected chi connectivity index (χ3v) is 6.53. The highest BCUT2D eigenvalue weighted by Gasteiger charge is 2.48. The summed E-state index contributed by atoms with van der Waals surface area (Å²) in [6.45, 7) is 0. The Bertz CT molecular complexity index is 1050. The maximum atomic E-state index is 13.7. The Hall–Kier alpha value is -2.59. The quantitative estimate of drug-likeness (QED) is 0.604. The SMILES string of the molecule is O=C1C[C@@H](C(F)(F)F)N(C(=O)CSc2nc3ccccc3s2)c2ccccc2N1. The number of carbonyl (C=O) groups excluding carboxylic acids is 2. The van der Waals surface area contributed by atoms with E-state index >= 15 is 0 Å². The molecule has 0 saturated heterocycles. The third kappa shape index (κ3) is 4.08. The van der Waals surface area contributed by atoms with Crippen LogP contribution in [0.4, 0.5) is 24.5 Å². The molecule has 2 heterocycles. The van der Waals surface area contributed by atoms with Crippen molar-refractivity contribution in [3.05, 3.63) is 48.5 Å². The van der Waals surface area contributed by atoms with Crippen LogP contribution in [0.5, 0.6) is 0 Å². The molecular weight excluding hydrogens is 423 g/mol. The van der Waals surface area contributed by atoms with Gasteiger partial charge in [0.2, 0.25) is 11.8 Å². The Balaban J connectivity index is 1.63. The molecule has 10 heteroatoms. The van der Waals surface area contributed by atoms with Gasteiger partial charge in [-0.3, -0.25) is 14.5 Å². The molecule has 2 amide bonds. The number of thiazole rings is 1. The summed E-state index contributed by atoms with van der Waals surface area (Å²) in [7, 11) is 0. The molecule has 0 fully saturated rings. The van der Waals surface area contributed by atoms with Crippen molar-refractivity contribution in [1.82, 2.24) is 4.98 Å². The molecule has 3 aromatic rings. The number of para-hydroxylation sites is 3. The Kier molecular flexibility index (Phi) is 5.22. The molecule has 0 radical (unpaired) electrons. The number of nitrogens with zero attached hydrogens (tertiary/aromatic N) is 2. The second-order valence-corrected chi connectivity index (χ2v) is 8.58. The monoisotopic (exact) mass is 437 g/mol. The predicted octanol–water partition coefficient (Wildman–Crippen LogP) is 4.69. The van der Waals surface area contributed by atoms with Crippen molar-refractivity contribution < 1.29 is 22.8 Å². The minimum absolute atomic E-state index is 0.0376. The van der Waals surface area contributed by atoms with E-state index in [-0.39, 0.29) is 17.1 Å². The number of thioether (sulfide) groups is 1. The first-order valence-corrected chi connectivity index (χ1v) is 10.4. The van der Waals surface area contributed by atoms with E-state index in [1.54, 1.807) is 6.07 Å². The minimum atomic E-state index is -4.75. The lowest BCUT2D eigenvalue weighted by Gasteiger charge is -2.31. The number of hydrogen-bond donors (Lipinski definition) is 1. The molecule has 5 nitrogen and oxygen atoms in total. The fourth-order valence-electron chi connectivity index (χ4n) is 3.10. The summed E-state index contributed by atoms with van der Waals surface area (Å²) < 4.78 is 42.7. The smallest absolute Gasteiger partial charge is 0.324 e. The van der Waals surface area contributed by atoms with E-state index in [1.807, 2.05) is 24.3 Å². The highest BCUT2D eigenvalue weighted by atomic mass is 32.2. The van der Waals surface area contributed by atoms with E-state index < -0.39 is 30.5 Å². The molecule has 1 aliphatic heterocycles. The lowest BCUT2D eigenvalue weighted by molar-refractivity contribution is -0.157. The van der Waals surface area contributed by atoms with Gasteiger partial charge in [0.15, 0.2) is 4.34 Å². The predicted molar refractivity (Wildman–Crippen MR) is 107 cm³/mol. The summed E-state index contributed by atoms with van der Waals surface area (Å²) >= 11 is 2.46. The molecule has 1 N–H and O–H groups in total. The van der Waals surface area contributed by atoms with Crippen molar-refractivity contribution in [2.75, 3.05) is 16.0 Å². The number of nitrogens with one attached hydrogen (secondary N) is 1. The molecule has 29 heavy (non-hydrogen) atoms. The Labute approximate surface area is 171 Å². The fourth-order valence-corrected chi connectivity index (χ4v) is 5.03. The van der Waals surface area contributed by atoms with E-state index in [2.05, 4.69) is 10.3 Å². The topological polar surface area (TPSA) is 62.3 Å². The first kappa shape index (κ1) is 19.7. The number of fused-ring (bicyclic) bond motifs is 2. The zero-order valence-electron chi connectivity index (χ0n) is 14.8. The number of hydrogen-bond acceptors (Lipinski definition) is 5. The molecule has 4 rings (SSSR count). The molecule has 2 aromatic carbocycles. The number of carbonyl (C=O) groups is 2. The Morgan fingerprint density at radius 3 is 2.69 bits per heavy atom. The summed E-state index contributed by atoms with van der Waals surface area (Å²) in [6.07, 6.45) is -5.60. The van der Waals surface area contributed by atoms with E-state index in [0.29, 0.717) is 9.24 Å². The van der Waals surface area contributed by atoms with Crippen LogP contribution >= 0.6 is 23.1 Å². The van der Waals surface area contributed by atoms with Crippen LogP contribution in [0, 0.1) is 0 Å². The standard InChI is InChI=1S/C19H14F3N3O2S2/c20-19(21,22)15-9-16(26)23-11-5-1-3-7-13(11)25(15)17(27)10-28-18-24-12-6-2-4-8-14(12)29-18/h1-8,15H,9-10H2,(H,23,26)/t15-/m0/s1. The van der Waals surface area contributed by atoms with Crippen molar-refractivity contribution in [3.8, 4) is 0 Å². The lowest BCUT2D eigenvalue weighted by Crippen LogP contribution is -2.50. The van der Waals surface area contributed by atoms with Crippen LogP contribution in [0.3, 0.4) is 0 Å². The van der Waals surface area contributed by atoms with E-state index in [1.165, 1.54) is 29.5 Å². The molecule has 0 spiro atoms. The first-order chi connectivity index (χ1) is 13.8. The van der Waals surface area contributed by atoms with E-state index in [9.17, 15) is 22.8 Å². The van der Waals surface area contributed by atoms with Crippen molar-refractivity contribution in [1.29, 1.82) is 0 Å². The van der Waals surface area contributed by atoms with Gasteiger partial charge in [0, 0.05) is 0 Å². The second-order valence-electron chi connectivity index (χ2n) is 6.33. The van der Waals surface area contributed by atoms with Crippen LogP contribution in [0.15, 0.2) is 52.9 Å². The highest BCUT2D eigenvalue weighted by molar-refractivity contribution is 8.01. The number of rotatable bonds is 3. The van der Waals surface area contributed by atoms with Gasteiger partial charge in [-0.15, -0.1) is 11.3 Å². The van der Waals surface area contributed by atoms with Gasteiger partial charge >= 0.3 is 6.18 Å². The normalized spacial score (nSPS) is 17.0. The molecule has 0 bridgehead atoms. The van der Waals surface area contributed by atoms with Crippen molar-refractivity contribution in [3.63, 3.8) is 0 Å². The highest BCUT2D eigenvalue weighted by Crippen LogP contribution is 2.38. The number of halogens is 3. The largest absolute Gasteiger partial charge is 0.409 e. The van der Waals surface area contributed by atoms with Crippen molar-refractivity contribution in [2.45, 2.75) is 23.0 Å². The summed E-state index contributed by atoms with van der Waals surface area (Å²) in [5.41, 5.74) is 0.994. The van der Waals surface area contributed by atoms with Gasteiger partial charge in [-0.1, -0.05) is 36.0 Å². The van der Waals surface area contributed by atoms with Crippen LogP contribution < -0.4 is 10.2 Å². The molecule has 1 atom stereocenters. The fraction of sp³-hybridized carbons (Fsp3) is 0.211. The lowest BCUT2D eigenvalue weighted by atomic mass is 10.1. The van der Waals surface area contributed by atoms with Crippen LogP contribution in [0.1, 0.15) is 6.42 Å². The zero-order chi connectivity index (χ0) is 20.6. The maximum Gasteiger partial charge on any atom is 0.409 e. The number of alkyl halides is 3. The van der Waals surface area contributed by atoms with Gasteiger partial charge in [-0.2, -0.15) is 13.2 Å². The third-order valence-electron chi connectivity index (χ3n) is 4.37. The van der Waals surface area contributed by atoms with Gasteiger partial charge in [0.25, 0.3) is 0 Å². The number of amides is 2. The van der Waals surface area contributed by atoms with Crippen LogP contribution in [-0.4, -0.2) is 34.8 Å². The van der Waals surface area contributed by atoms with Gasteiger partial charge in [0.05, 0.1) is 33.8 Å². The zero-order valence-corrected chi connectivity index (χ0v) is 16.4. The van der Waals surface area contributed by atoms with Crippen molar-refractivity contribution in [2.24, 2.45) is 0 Å². The van der Waals surface area contributed by atoms with E-state index in [4.69, 9.17) is 0 Å². The number of aromatic nitrogens is 1. The second kappa shape index (κ2) is 7.68. The van der Waals surface area contributed by atoms with Gasteiger partial charge < -0.3 is 5.32 Å². The van der Waals surface area contributed by atoms with E-state index in [0.717, 1.165) is 22.0 Å². The molecule has 1 aliphatic rings. The summed E-state index contributed by atoms with van der Waals surface area (Å²) in [4.78, 5) is 30.0. The Morgan fingerprint density at radius 1 is 1.21 bits per heavy atom. The molecule has 0 unspecified atom stereocenters. The Morgan fingerprint density at radius 2 is 1.93 bits per heavy atom. The minimum Gasteiger partial charge on any atom is -0.324 e. The summed E-state index contributed by atoms with van der Waals surface area (Å²) in [5.74, 6) is -1.75. The average molecular weight is 437 g/mol. The number of anilines is 2. The maximum absolute atomic E-state index is 13.7. The summed E-state index contributed by atoms with van der Waals surface area (Å²) in [5, 5.41) is 2.45. The van der Waals surface area contributed by atoms with Gasteiger partial charge in [-0.25, -0.2) is 4.98 Å². The molecule has 0 aliphatic carbocycles. The molecule has 0 saturated carbocycles. The molecule has 1 aromatic heterocycles. The molecular formula is C19H14F3N3O2S2. The van der Waals surface area contributed by atoms with Crippen LogP contribution in [0.2, 0.25) is 0 Å². The average Bonchev–Trinajstić information content (AvgIpc) is 3.02.